The number of nitrogens with one attached hydrogen (secondary N) is 3. The van der Waals surface area contributed by atoms with Gasteiger partial charge in [-0.15, -0.1) is 0 Å². The number of amides is 3. The summed E-state index contributed by atoms with van der Waals surface area (Å²) in [4.78, 5) is 55.1. The van der Waals surface area contributed by atoms with Crippen molar-refractivity contribution in [2.24, 2.45) is 11.7 Å². The highest BCUT2D eigenvalue weighted by atomic mass is 31.2. The molecule has 284 valence electrons. The molecule has 0 bridgehead atoms. The lowest BCUT2D eigenvalue weighted by atomic mass is 10.0. The predicted octanol–water partition coefficient (Wildman–Crippen LogP) is 5.97. The van der Waals surface area contributed by atoms with Crippen LogP contribution in [0, 0.1) is 5.92 Å². The Morgan fingerprint density at radius 3 is 2.27 bits per heavy atom. The lowest BCUT2D eigenvalue weighted by Crippen LogP contribution is -2.49. The molecule has 0 radical (unpaired) electrons. The number of alkyl carbamates (subject to hydrolysis) is 1. The van der Waals surface area contributed by atoms with Gasteiger partial charge < -0.3 is 40.2 Å². The molecule has 2 unspecified atom stereocenters. The van der Waals surface area contributed by atoms with Gasteiger partial charge in [0.15, 0.2) is 0 Å². The molecule has 0 aliphatic rings. The van der Waals surface area contributed by atoms with Crippen molar-refractivity contribution in [3.63, 3.8) is 0 Å². The lowest BCUT2D eigenvalue weighted by Gasteiger charge is -2.28. The summed E-state index contributed by atoms with van der Waals surface area (Å²) in [6.07, 6.45) is 0.112. The highest BCUT2D eigenvalue weighted by Crippen LogP contribution is 2.49. The highest BCUT2D eigenvalue weighted by Gasteiger charge is 2.39. The van der Waals surface area contributed by atoms with Crippen LogP contribution in [-0.4, -0.2) is 58.0 Å². The van der Waals surface area contributed by atoms with Crippen LogP contribution in [0.15, 0.2) is 126 Å². The van der Waals surface area contributed by atoms with Crippen LogP contribution in [0.4, 0.5) is 4.79 Å². The van der Waals surface area contributed by atoms with E-state index in [-0.39, 0.29) is 31.6 Å². The number of carbonyl (C=O) groups is 3. The molecule has 0 aliphatic carbocycles. The molecule has 4 aromatic carbocycles. The van der Waals surface area contributed by atoms with E-state index < -0.39 is 49.2 Å². The van der Waals surface area contributed by atoms with Gasteiger partial charge in [0.1, 0.15) is 35.6 Å². The third-order valence-corrected chi connectivity index (χ3v) is 11.5. The number of ether oxygens (including phenoxy) is 2. The van der Waals surface area contributed by atoms with Crippen LogP contribution in [0.25, 0.3) is 22.2 Å². The van der Waals surface area contributed by atoms with Gasteiger partial charge in [-0.3, -0.25) is 14.2 Å². The van der Waals surface area contributed by atoms with Gasteiger partial charge in [0.25, 0.3) is 0 Å². The van der Waals surface area contributed by atoms with Crippen LogP contribution in [-0.2, 0) is 44.8 Å². The summed E-state index contributed by atoms with van der Waals surface area (Å²) in [5, 5.41) is 10.4. The Balaban J connectivity index is 1.28. The Bertz CT molecular complexity index is 2280. The second-order valence-corrected chi connectivity index (χ2v) is 15.7. The summed E-state index contributed by atoms with van der Waals surface area (Å²) < 4.78 is 31.1. The minimum Gasteiger partial charge on any atom is -0.496 e. The molecule has 55 heavy (non-hydrogen) atoms. The fraction of sp³-hybridized carbons (Fsp3) is 0.220. The molecule has 0 saturated heterocycles. The fourth-order valence-electron chi connectivity index (χ4n) is 6.38. The summed E-state index contributed by atoms with van der Waals surface area (Å²) >= 11 is 0. The second-order valence-electron chi connectivity index (χ2n) is 13.2. The van der Waals surface area contributed by atoms with Crippen molar-refractivity contribution in [2.45, 2.75) is 37.7 Å². The first-order valence-electron chi connectivity index (χ1n) is 17.7. The number of fused-ring (bicyclic) bond motifs is 1. The van der Waals surface area contributed by atoms with Gasteiger partial charge in [0.05, 0.1) is 13.0 Å². The van der Waals surface area contributed by atoms with Gasteiger partial charge in [-0.05, 0) is 34.9 Å². The molecule has 13 nitrogen and oxygen atoms in total. The third-order valence-electron chi connectivity index (χ3n) is 9.26. The van der Waals surface area contributed by atoms with E-state index in [1.807, 2.05) is 42.5 Å². The van der Waals surface area contributed by atoms with Crippen molar-refractivity contribution < 1.29 is 37.8 Å². The second kappa shape index (κ2) is 17.8. The maximum absolute atomic E-state index is 14.5. The lowest BCUT2D eigenvalue weighted by molar-refractivity contribution is -0.129. The number of carbonyl (C=O) groups excluding carboxylic acids is 3. The molecule has 0 fully saturated rings. The number of methoxy groups -OCH3 is 1. The monoisotopic (exact) mass is 763 g/mol. The van der Waals surface area contributed by atoms with E-state index in [0.29, 0.717) is 22.6 Å². The largest absolute Gasteiger partial charge is 0.496 e. The average Bonchev–Trinajstić information content (AvgIpc) is 3.84. The van der Waals surface area contributed by atoms with Crippen LogP contribution in [0.2, 0.25) is 0 Å². The summed E-state index contributed by atoms with van der Waals surface area (Å²) in [6.45, 7) is -0.0591. The van der Waals surface area contributed by atoms with E-state index in [2.05, 4.69) is 20.8 Å². The summed E-state index contributed by atoms with van der Waals surface area (Å²) in [5.74, 6) is -3.29. The van der Waals surface area contributed by atoms with Crippen molar-refractivity contribution in [3.05, 3.63) is 144 Å². The number of H-pyrrole nitrogens is 1. The smallest absolute Gasteiger partial charge is 0.408 e. The minimum atomic E-state index is -4.46. The van der Waals surface area contributed by atoms with Crippen LogP contribution < -0.4 is 21.1 Å². The standard InChI is InChI=1S/C41H42N5O8P/c1-52-37-19-11-9-17-33(37)35-23-31(54-46-35)21-30(40(48)44-36(39(42)47)22-29-24-43-34-18-10-8-16-32(29)34)26-55(50,51)38(20-27-12-4-2-5-13-27)45-41(49)53-25-28-14-6-3-7-15-28/h2-19,23-24,30,36,38,43H,20-22,25-26H2,1H3,(H2,42,47)(H,44,48)(H,45,49)(H,50,51)/t30?,36-,38+/m0/s1. The zero-order valence-electron chi connectivity index (χ0n) is 30.1. The predicted molar refractivity (Wildman–Crippen MR) is 207 cm³/mol. The average molecular weight is 764 g/mol. The number of benzene rings is 4. The summed E-state index contributed by atoms with van der Waals surface area (Å²) in [5.41, 5.74) is 9.89. The number of nitrogens with zero attached hydrogens (tertiary/aromatic N) is 1. The number of hydrogen-bond donors (Lipinski definition) is 5. The number of para-hydroxylation sites is 2. The van der Waals surface area contributed by atoms with Crippen molar-refractivity contribution in [1.29, 1.82) is 0 Å². The van der Waals surface area contributed by atoms with Crippen LogP contribution >= 0.6 is 7.37 Å². The zero-order valence-corrected chi connectivity index (χ0v) is 31.0. The number of hydrogen-bond acceptors (Lipinski definition) is 8. The Kier molecular flexibility index (Phi) is 12.5. The van der Waals surface area contributed by atoms with Crippen LogP contribution in [0.1, 0.15) is 22.5 Å². The first kappa shape index (κ1) is 38.6. The molecular formula is C41H42N5O8P. The maximum atomic E-state index is 14.5. The van der Waals surface area contributed by atoms with Gasteiger partial charge in [-0.25, -0.2) is 4.79 Å². The molecule has 3 amide bonds. The van der Waals surface area contributed by atoms with Gasteiger partial charge in [-0.1, -0.05) is 96.2 Å². The first-order valence-corrected chi connectivity index (χ1v) is 19.6. The van der Waals surface area contributed by atoms with Crippen molar-refractivity contribution in [3.8, 4) is 17.0 Å². The summed E-state index contributed by atoms with van der Waals surface area (Å²) in [6, 6.07) is 33.1. The van der Waals surface area contributed by atoms with Crippen LogP contribution in [0.5, 0.6) is 5.75 Å². The van der Waals surface area contributed by atoms with Gasteiger partial charge in [0, 0.05) is 54.2 Å². The quantitative estimate of drug-likeness (QED) is 0.0695. The Hall–Kier alpha value is -6.17. The Labute approximate surface area is 317 Å². The fourth-order valence-corrected chi connectivity index (χ4v) is 8.37. The van der Waals surface area contributed by atoms with Gasteiger partial charge >= 0.3 is 6.09 Å². The summed E-state index contributed by atoms with van der Waals surface area (Å²) in [7, 11) is -2.93. The molecule has 4 atom stereocenters. The van der Waals surface area contributed by atoms with Gasteiger partial charge in [-0.2, -0.15) is 0 Å². The van der Waals surface area contributed by atoms with Crippen LogP contribution in [0.3, 0.4) is 0 Å². The molecule has 2 heterocycles. The van der Waals surface area contributed by atoms with Gasteiger partial charge in [0.2, 0.25) is 19.2 Å². The Morgan fingerprint density at radius 2 is 1.55 bits per heavy atom. The first-order chi connectivity index (χ1) is 26.6. The van der Waals surface area contributed by atoms with E-state index >= 15 is 0 Å². The maximum Gasteiger partial charge on any atom is 0.408 e. The third kappa shape index (κ3) is 10.1. The molecule has 6 aromatic rings. The molecule has 14 heteroatoms. The van der Waals surface area contributed by atoms with Crippen molar-refractivity contribution in [2.75, 3.05) is 13.3 Å². The molecule has 0 saturated carbocycles. The number of aromatic nitrogens is 2. The number of aromatic amines is 1. The van der Waals surface area contributed by atoms with E-state index in [9.17, 15) is 23.8 Å². The van der Waals surface area contributed by atoms with E-state index in [1.165, 1.54) is 7.11 Å². The van der Waals surface area contributed by atoms with E-state index in [1.54, 1.807) is 79.0 Å². The topological polar surface area (TPSA) is 199 Å². The SMILES string of the molecule is COc1ccccc1-c1cc(CC(CP(=O)(O)[C@H](Cc2ccccc2)NC(=O)OCc2ccccc2)C(=O)N[C@@H](Cc2c[nH]c3ccccc23)C(N)=O)on1. The molecule has 0 spiro atoms. The van der Waals surface area contributed by atoms with Crippen molar-refractivity contribution >= 4 is 36.2 Å². The molecule has 6 rings (SSSR count). The van der Waals surface area contributed by atoms with Crippen molar-refractivity contribution in [1.82, 2.24) is 20.8 Å². The number of rotatable bonds is 17. The number of primary amides is 1. The molecular weight excluding hydrogens is 721 g/mol. The highest BCUT2D eigenvalue weighted by molar-refractivity contribution is 7.58. The molecule has 6 N–H and O–H groups in total. The molecule has 2 aromatic heterocycles. The van der Waals surface area contributed by atoms with E-state index in [4.69, 9.17) is 19.7 Å². The molecule has 0 aliphatic heterocycles. The minimum absolute atomic E-state index is 0.0336. The van der Waals surface area contributed by atoms with E-state index in [0.717, 1.165) is 22.0 Å². The normalized spacial score (nSPS) is 13.9. The zero-order chi connectivity index (χ0) is 38.8. The Morgan fingerprint density at radius 1 is 0.873 bits per heavy atom. The number of nitrogens with two attached hydrogens (primary N) is 1.